The maximum atomic E-state index is 13.1. The van der Waals surface area contributed by atoms with Gasteiger partial charge in [0.05, 0.1) is 17.5 Å². The number of hydrogen-bond acceptors (Lipinski definition) is 2. The lowest BCUT2D eigenvalue weighted by Crippen LogP contribution is -2.38. The fourth-order valence-corrected chi connectivity index (χ4v) is 7.04. The van der Waals surface area contributed by atoms with Gasteiger partial charge in [-0.25, -0.2) is 4.79 Å². The second kappa shape index (κ2) is 8.97. The minimum atomic E-state index is -0.380. The number of aryl methyl sites for hydroxylation is 5. The van der Waals surface area contributed by atoms with Gasteiger partial charge in [-0.1, -0.05) is 49.7 Å². The SMILES string of the molecule is CCOC(=O)C(C(C)C)[S+](c1c(C)cccc1C)c1c(C)cc(C)cc1C. The Bertz CT molecular complexity index is 780. The molecule has 0 spiro atoms. The Kier molecular flexibility index (Phi) is 7.16. The van der Waals surface area contributed by atoms with Gasteiger partial charge < -0.3 is 4.74 Å². The molecule has 27 heavy (non-hydrogen) atoms. The Morgan fingerprint density at radius 2 is 1.41 bits per heavy atom. The molecule has 0 aliphatic rings. The maximum absolute atomic E-state index is 13.1. The van der Waals surface area contributed by atoms with Crippen molar-refractivity contribution in [2.75, 3.05) is 6.61 Å². The van der Waals surface area contributed by atoms with E-state index in [4.69, 9.17) is 4.74 Å². The number of carbonyl (C=O) groups excluding carboxylic acids is 1. The van der Waals surface area contributed by atoms with E-state index in [2.05, 4.69) is 78.8 Å². The average molecular weight is 386 g/mol. The molecule has 0 aromatic heterocycles. The van der Waals surface area contributed by atoms with E-state index in [0.717, 1.165) is 0 Å². The van der Waals surface area contributed by atoms with E-state index >= 15 is 0 Å². The van der Waals surface area contributed by atoms with Crippen molar-refractivity contribution in [3.8, 4) is 0 Å². The minimum Gasteiger partial charge on any atom is -0.462 e. The van der Waals surface area contributed by atoms with Crippen LogP contribution < -0.4 is 0 Å². The molecule has 0 aliphatic heterocycles. The average Bonchev–Trinajstić information content (AvgIpc) is 2.53. The Labute approximate surface area is 167 Å². The van der Waals surface area contributed by atoms with E-state index in [-0.39, 0.29) is 28.0 Å². The summed E-state index contributed by atoms with van der Waals surface area (Å²) < 4.78 is 5.54. The maximum Gasteiger partial charge on any atom is 0.360 e. The summed E-state index contributed by atoms with van der Waals surface area (Å²) in [6.07, 6.45) is 0. The van der Waals surface area contributed by atoms with Crippen molar-refractivity contribution in [3.05, 3.63) is 58.1 Å². The van der Waals surface area contributed by atoms with Crippen LogP contribution in [0.25, 0.3) is 0 Å². The Morgan fingerprint density at radius 3 is 1.85 bits per heavy atom. The lowest BCUT2D eigenvalue weighted by atomic mass is 10.1. The summed E-state index contributed by atoms with van der Waals surface area (Å²) >= 11 is 0. The first kappa shape index (κ1) is 21.6. The van der Waals surface area contributed by atoms with Crippen molar-refractivity contribution in [2.24, 2.45) is 5.92 Å². The first-order valence-electron chi connectivity index (χ1n) is 9.72. The van der Waals surface area contributed by atoms with Crippen LogP contribution in [0.2, 0.25) is 0 Å². The molecule has 0 aliphatic carbocycles. The molecule has 0 bridgehead atoms. The van der Waals surface area contributed by atoms with E-state index < -0.39 is 0 Å². The molecule has 2 aromatic rings. The zero-order valence-electron chi connectivity index (χ0n) is 18.0. The molecule has 0 amide bonds. The van der Waals surface area contributed by atoms with Gasteiger partial charge in [0.25, 0.3) is 0 Å². The molecule has 2 nitrogen and oxygen atoms in total. The van der Waals surface area contributed by atoms with Crippen molar-refractivity contribution in [1.82, 2.24) is 0 Å². The quantitative estimate of drug-likeness (QED) is 0.460. The Balaban J connectivity index is 2.83. The van der Waals surface area contributed by atoms with Gasteiger partial charge in [0.1, 0.15) is 0 Å². The molecule has 0 saturated heterocycles. The highest BCUT2D eigenvalue weighted by molar-refractivity contribution is 7.98. The van der Waals surface area contributed by atoms with Gasteiger partial charge in [0.15, 0.2) is 9.79 Å². The van der Waals surface area contributed by atoms with Crippen LogP contribution >= 0.6 is 0 Å². The summed E-state index contributed by atoms with van der Waals surface area (Å²) in [6.45, 7) is 17.4. The van der Waals surface area contributed by atoms with Crippen molar-refractivity contribution in [1.29, 1.82) is 0 Å². The van der Waals surface area contributed by atoms with E-state index in [0.29, 0.717) is 6.61 Å². The zero-order chi connectivity index (χ0) is 20.3. The largest absolute Gasteiger partial charge is 0.462 e. The lowest BCUT2D eigenvalue weighted by Gasteiger charge is -2.24. The monoisotopic (exact) mass is 385 g/mol. The molecule has 146 valence electrons. The fraction of sp³-hybridized carbons (Fsp3) is 0.458. The summed E-state index contributed by atoms with van der Waals surface area (Å²) in [6, 6.07) is 10.9. The molecule has 0 saturated carbocycles. The Morgan fingerprint density at radius 1 is 0.926 bits per heavy atom. The summed E-state index contributed by atoms with van der Waals surface area (Å²) in [5, 5.41) is -0.190. The molecule has 0 N–H and O–H groups in total. The smallest absolute Gasteiger partial charge is 0.360 e. The molecule has 0 fully saturated rings. The lowest BCUT2D eigenvalue weighted by molar-refractivity contribution is -0.143. The van der Waals surface area contributed by atoms with Crippen molar-refractivity contribution >= 4 is 16.9 Å². The number of carbonyl (C=O) groups is 1. The molecule has 2 rings (SSSR count). The molecule has 2 aromatic carbocycles. The van der Waals surface area contributed by atoms with E-state index in [9.17, 15) is 4.79 Å². The van der Waals surface area contributed by atoms with Crippen molar-refractivity contribution in [3.63, 3.8) is 0 Å². The third-order valence-corrected chi connectivity index (χ3v) is 8.24. The number of esters is 1. The van der Waals surface area contributed by atoms with Gasteiger partial charge in [0, 0.05) is 28.2 Å². The highest BCUT2D eigenvalue weighted by Crippen LogP contribution is 2.39. The molecule has 2 atom stereocenters. The highest BCUT2D eigenvalue weighted by Gasteiger charge is 2.47. The topological polar surface area (TPSA) is 26.3 Å². The van der Waals surface area contributed by atoms with Crippen LogP contribution in [0, 0.1) is 40.5 Å². The number of ether oxygens (including phenoxy) is 1. The third-order valence-electron chi connectivity index (χ3n) is 4.83. The van der Waals surface area contributed by atoms with Crippen molar-refractivity contribution in [2.45, 2.75) is 70.4 Å². The van der Waals surface area contributed by atoms with Gasteiger partial charge in [0.2, 0.25) is 5.25 Å². The normalized spacial score (nSPS) is 13.5. The van der Waals surface area contributed by atoms with Gasteiger partial charge in [-0.05, 0) is 41.5 Å². The number of hydrogen-bond donors (Lipinski definition) is 0. The molecule has 0 radical (unpaired) electrons. The molecule has 0 heterocycles. The molecular formula is C24H33O2S+. The summed E-state index contributed by atoms with van der Waals surface area (Å²) in [5.41, 5.74) is 6.26. The fourth-order valence-electron chi connectivity index (χ4n) is 3.88. The van der Waals surface area contributed by atoms with Gasteiger partial charge >= 0.3 is 5.97 Å². The first-order chi connectivity index (χ1) is 12.7. The second-order valence-corrected chi connectivity index (χ2v) is 9.70. The van der Waals surface area contributed by atoms with Gasteiger partial charge in [-0.15, -0.1) is 0 Å². The second-order valence-electron chi connectivity index (χ2n) is 7.70. The first-order valence-corrected chi connectivity index (χ1v) is 11.0. The molecule has 3 heteroatoms. The highest BCUT2D eigenvalue weighted by atomic mass is 32.2. The van der Waals surface area contributed by atoms with Gasteiger partial charge in [-0.3, -0.25) is 0 Å². The number of rotatable bonds is 6. The number of benzene rings is 2. The van der Waals surface area contributed by atoms with E-state index in [1.807, 2.05) is 6.92 Å². The van der Waals surface area contributed by atoms with Gasteiger partial charge in [-0.2, -0.15) is 0 Å². The third kappa shape index (κ3) is 4.57. The van der Waals surface area contributed by atoms with Crippen LogP contribution in [-0.2, 0) is 20.4 Å². The molecular weight excluding hydrogens is 352 g/mol. The molecule has 2 unspecified atom stereocenters. The Hall–Kier alpha value is -1.74. The van der Waals surface area contributed by atoms with Crippen LogP contribution in [0.4, 0.5) is 0 Å². The summed E-state index contributed by atoms with van der Waals surface area (Å²) in [4.78, 5) is 15.7. The zero-order valence-corrected chi connectivity index (χ0v) is 18.8. The minimum absolute atomic E-state index is 0.0853. The standard InChI is InChI=1S/C24H33O2S/c1-9-26-24(25)21(15(2)3)27(22-17(5)11-10-12-18(22)6)23-19(7)13-16(4)14-20(23)8/h10-15,21H,9H2,1-8H3/q+1. The van der Waals surface area contributed by atoms with E-state index in [1.165, 1.54) is 37.6 Å². The van der Waals surface area contributed by atoms with Crippen LogP contribution in [0.3, 0.4) is 0 Å². The van der Waals surface area contributed by atoms with Crippen LogP contribution in [0.1, 0.15) is 48.6 Å². The summed E-state index contributed by atoms with van der Waals surface area (Å²) in [7, 11) is -0.380. The van der Waals surface area contributed by atoms with Crippen LogP contribution in [-0.4, -0.2) is 17.8 Å². The van der Waals surface area contributed by atoms with E-state index in [1.54, 1.807) is 0 Å². The van der Waals surface area contributed by atoms with Crippen LogP contribution in [0.5, 0.6) is 0 Å². The predicted octanol–water partition coefficient (Wildman–Crippen LogP) is 5.85. The van der Waals surface area contributed by atoms with Crippen LogP contribution in [0.15, 0.2) is 40.1 Å². The van der Waals surface area contributed by atoms with Crippen molar-refractivity contribution < 1.29 is 9.53 Å². The predicted molar refractivity (Wildman–Crippen MR) is 116 cm³/mol. The summed E-state index contributed by atoms with van der Waals surface area (Å²) in [5.74, 6) is 0.101.